The van der Waals surface area contributed by atoms with Crippen molar-refractivity contribution in [2.45, 2.75) is 13.8 Å². The first-order chi connectivity index (χ1) is 11.4. The summed E-state index contributed by atoms with van der Waals surface area (Å²) in [4.78, 5) is 39.0. The lowest BCUT2D eigenvalue weighted by Crippen LogP contribution is -2.28. The van der Waals surface area contributed by atoms with Crippen molar-refractivity contribution in [1.82, 2.24) is 10.3 Å². The van der Waals surface area contributed by atoms with Gasteiger partial charge in [0.25, 0.3) is 11.7 Å². The highest BCUT2D eigenvalue weighted by molar-refractivity contribution is 6.43. The number of ether oxygens (including phenoxy) is 1. The molecule has 1 amide bonds. The minimum Gasteiger partial charge on any atom is -0.462 e. The average Bonchev–Trinajstić information content (AvgIpc) is 2.91. The molecule has 24 heavy (non-hydrogen) atoms. The number of ketones is 1. The van der Waals surface area contributed by atoms with Crippen LogP contribution in [0.25, 0.3) is 11.1 Å². The molecule has 0 aliphatic heterocycles. The third kappa shape index (κ3) is 3.05. The fourth-order valence-electron chi connectivity index (χ4n) is 2.41. The lowest BCUT2D eigenvalue weighted by molar-refractivity contribution is -0.116. The van der Waals surface area contributed by atoms with Crippen LogP contribution in [-0.2, 0) is 9.53 Å². The van der Waals surface area contributed by atoms with Crippen LogP contribution >= 0.6 is 0 Å². The molecule has 7 heteroatoms. The van der Waals surface area contributed by atoms with Gasteiger partial charge in [-0.3, -0.25) is 9.59 Å². The Labute approximate surface area is 138 Å². The summed E-state index contributed by atoms with van der Waals surface area (Å²) >= 11 is 0. The molecular weight excluding hydrogens is 315 g/mol. The molecule has 0 aliphatic carbocycles. The summed E-state index contributed by atoms with van der Waals surface area (Å²) in [7, 11) is 1.31. The van der Waals surface area contributed by atoms with E-state index in [-0.39, 0.29) is 29.0 Å². The molecule has 1 aromatic heterocycles. The minimum absolute atomic E-state index is 0.0256. The van der Waals surface area contributed by atoms with E-state index in [2.05, 4.69) is 10.3 Å². The number of carbonyl (C=O) groups is 3. The van der Waals surface area contributed by atoms with Crippen molar-refractivity contribution >= 4 is 17.7 Å². The van der Waals surface area contributed by atoms with Crippen molar-refractivity contribution < 1.29 is 23.5 Å². The first kappa shape index (κ1) is 17.4. The molecule has 6 nitrogen and oxygen atoms in total. The molecule has 0 bridgehead atoms. The van der Waals surface area contributed by atoms with Crippen molar-refractivity contribution in [1.29, 1.82) is 0 Å². The minimum atomic E-state index is -0.894. The van der Waals surface area contributed by atoms with Gasteiger partial charge in [-0.15, -0.1) is 0 Å². The number of carbonyl (C=O) groups excluding carboxylic acids is 3. The fraction of sp³-hybridized carbons (Fsp3) is 0.235. The highest BCUT2D eigenvalue weighted by atomic mass is 19.1. The SMILES string of the molecule is CCOC(=O)c1c(C)[nH]c(C(=O)C(=O)NC)c1-c1ccccc1F. The van der Waals surface area contributed by atoms with Crippen LogP contribution in [0.5, 0.6) is 0 Å². The number of aromatic nitrogens is 1. The number of halogens is 1. The molecule has 0 fully saturated rings. The largest absolute Gasteiger partial charge is 0.462 e. The van der Waals surface area contributed by atoms with E-state index in [4.69, 9.17) is 4.74 Å². The molecule has 0 radical (unpaired) electrons. The predicted octanol–water partition coefficient (Wildman–Crippen LogP) is 2.23. The van der Waals surface area contributed by atoms with Crippen LogP contribution in [0.3, 0.4) is 0 Å². The van der Waals surface area contributed by atoms with Gasteiger partial charge in [0.15, 0.2) is 0 Å². The monoisotopic (exact) mass is 332 g/mol. The Kier molecular flexibility index (Phi) is 5.13. The quantitative estimate of drug-likeness (QED) is 0.499. The van der Waals surface area contributed by atoms with Gasteiger partial charge in [0.2, 0.25) is 0 Å². The normalized spacial score (nSPS) is 10.3. The second kappa shape index (κ2) is 7.08. The zero-order chi connectivity index (χ0) is 17.9. The van der Waals surface area contributed by atoms with E-state index >= 15 is 0 Å². The number of amides is 1. The number of benzene rings is 1. The molecule has 0 saturated heterocycles. The summed E-state index contributed by atoms with van der Waals surface area (Å²) in [5.74, 6) is -3.08. The topological polar surface area (TPSA) is 88.3 Å². The van der Waals surface area contributed by atoms with Crippen LogP contribution in [0.2, 0.25) is 0 Å². The van der Waals surface area contributed by atoms with Crippen LogP contribution in [0.4, 0.5) is 4.39 Å². The van der Waals surface area contributed by atoms with Gasteiger partial charge in [0, 0.05) is 23.9 Å². The van der Waals surface area contributed by atoms with Crippen molar-refractivity contribution in [3.63, 3.8) is 0 Å². The number of Topliss-reactive ketones (excluding diaryl/α,β-unsaturated/α-hetero) is 1. The molecule has 0 atom stereocenters. The highest BCUT2D eigenvalue weighted by Gasteiger charge is 2.30. The van der Waals surface area contributed by atoms with E-state index in [1.807, 2.05) is 0 Å². The molecular formula is C17H17FN2O4. The van der Waals surface area contributed by atoms with Crippen LogP contribution in [0, 0.1) is 12.7 Å². The van der Waals surface area contributed by atoms with Crippen LogP contribution in [0.1, 0.15) is 33.5 Å². The maximum Gasteiger partial charge on any atom is 0.340 e. The molecule has 0 saturated carbocycles. The zero-order valence-electron chi connectivity index (χ0n) is 13.5. The average molecular weight is 332 g/mol. The van der Waals surface area contributed by atoms with E-state index in [0.29, 0.717) is 5.69 Å². The van der Waals surface area contributed by atoms with Crippen molar-refractivity contribution in [2.75, 3.05) is 13.7 Å². The maximum absolute atomic E-state index is 14.3. The number of aryl methyl sites for hydroxylation is 1. The van der Waals surface area contributed by atoms with Crippen LogP contribution in [0.15, 0.2) is 24.3 Å². The Bertz CT molecular complexity index is 811. The molecule has 1 heterocycles. The Hall–Kier alpha value is -2.96. The molecule has 126 valence electrons. The Morgan fingerprint density at radius 3 is 2.50 bits per heavy atom. The third-order valence-electron chi connectivity index (χ3n) is 3.47. The fourth-order valence-corrected chi connectivity index (χ4v) is 2.41. The van der Waals surface area contributed by atoms with Gasteiger partial charge in [-0.25, -0.2) is 9.18 Å². The van der Waals surface area contributed by atoms with E-state index < -0.39 is 23.5 Å². The Balaban J connectivity index is 2.76. The summed E-state index contributed by atoms with van der Waals surface area (Å²) in [6.07, 6.45) is 0. The number of likely N-dealkylation sites (N-methyl/N-ethyl adjacent to an activating group) is 1. The van der Waals surface area contributed by atoms with Gasteiger partial charge >= 0.3 is 5.97 Å². The summed E-state index contributed by atoms with van der Waals surface area (Å²) in [5, 5.41) is 2.22. The van der Waals surface area contributed by atoms with Crippen molar-refractivity contribution in [3.8, 4) is 11.1 Å². The van der Waals surface area contributed by atoms with Crippen molar-refractivity contribution in [2.24, 2.45) is 0 Å². The molecule has 0 unspecified atom stereocenters. The lowest BCUT2D eigenvalue weighted by Gasteiger charge is -2.08. The summed E-state index contributed by atoms with van der Waals surface area (Å²) in [6, 6.07) is 5.70. The molecule has 0 aliphatic rings. The standard InChI is InChI=1S/C17H17FN2O4/c1-4-24-17(23)12-9(2)20-14(15(21)16(22)19-3)13(12)10-7-5-6-8-11(10)18/h5-8,20H,4H2,1-3H3,(H,19,22). The number of H-pyrrole nitrogens is 1. The molecule has 2 N–H and O–H groups in total. The van der Waals surface area contributed by atoms with Crippen LogP contribution < -0.4 is 5.32 Å². The molecule has 1 aromatic carbocycles. The first-order valence-electron chi connectivity index (χ1n) is 7.33. The van der Waals surface area contributed by atoms with E-state index in [1.165, 1.54) is 25.2 Å². The molecule has 2 aromatic rings. The Morgan fingerprint density at radius 1 is 1.25 bits per heavy atom. The van der Waals surface area contributed by atoms with Crippen LogP contribution in [-0.4, -0.2) is 36.3 Å². The van der Waals surface area contributed by atoms with E-state index in [0.717, 1.165) is 0 Å². The molecule has 2 rings (SSSR count). The number of hydrogen-bond acceptors (Lipinski definition) is 4. The summed E-state index contributed by atoms with van der Waals surface area (Å²) in [6.45, 7) is 3.31. The number of rotatable bonds is 5. The second-order valence-electron chi connectivity index (χ2n) is 4.98. The number of nitrogens with one attached hydrogen (secondary N) is 2. The van der Waals surface area contributed by atoms with Gasteiger partial charge < -0.3 is 15.0 Å². The van der Waals surface area contributed by atoms with E-state index in [1.54, 1.807) is 19.9 Å². The van der Waals surface area contributed by atoms with Gasteiger partial charge in [0.1, 0.15) is 11.5 Å². The smallest absolute Gasteiger partial charge is 0.340 e. The second-order valence-corrected chi connectivity index (χ2v) is 4.98. The summed E-state index contributed by atoms with van der Waals surface area (Å²) < 4.78 is 19.3. The molecule has 0 spiro atoms. The Morgan fingerprint density at radius 2 is 1.92 bits per heavy atom. The van der Waals surface area contributed by atoms with Gasteiger partial charge in [0.05, 0.1) is 12.2 Å². The predicted molar refractivity (Wildman–Crippen MR) is 85.3 cm³/mol. The highest BCUT2D eigenvalue weighted by Crippen LogP contribution is 2.33. The summed E-state index contributed by atoms with van der Waals surface area (Å²) in [5.41, 5.74) is 0.267. The first-order valence-corrected chi connectivity index (χ1v) is 7.33. The van der Waals surface area contributed by atoms with Gasteiger partial charge in [-0.1, -0.05) is 18.2 Å². The third-order valence-corrected chi connectivity index (χ3v) is 3.47. The maximum atomic E-state index is 14.3. The lowest BCUT2D eigenvalue weighted by atomic mass is 9.98. The number of aromatic amines is 1. The van der Waals surface area contributed by atoms with Crippen molar-refractivity contribution in [3.05, 3.63) is 47.0 Å². The number of hydrogen-bond donors (Lipinski definition) is 2. The van der Waals surface area contributed by atoms with Gasteiger partial charge in [-0.2, -0.15) is 0 Å². The zero-order valence-corrected chi connectivity index (χ0v) is 13.5. The van der Waals surface area contributed by atoms with E-state index in [9.17, 15) is 18.8 Å². The number of esters is 1. The van der Waals surface area contributed by atoms with Gasteiger partial charge in [-0.05, 0) is 19.9 Å².